The van der Waals surface area contributed by atoms with Crippen LogP contribution in [-0.2, 0) is 28.2 Å². The van der Waals surface area contributed by atoms with E-state index >= 15 is 0 Å². The summed E-state index contributed by atoms with van der Waals surface area (Å²) in [5.41, 5.74) is -3.16. The standard InChI is InChI=1S/C22H16F8N6O5S/c1-19(40-5-6-41-19)17-33-34-18(35(17)2)42-14-4-3-11(36(38)39)8-12(14)16(37)32-15-13(23)7-10(9-31-15)20(24,25)21(26,27)22(28,29)30/h3-4,7-9H,5-6H2,1-2H3,(H,31,32,37). The smallest absolute Gasteiger partial charge is 0.341 e. The quantitative estimate of drug-likeness (QED) is 0.204. The number of aromatic nitrogens is 4. The van der Waals surface area contributed by atoms with Gasteiger partial charge in [0.1, 0.15) is 0 Å². The third kappa shape index (κ3) is 5.48. The molecule has 0 atom stereocenters. The summed E-state index contributed by atoms with van der Waals surface area (Å²) in [6, 6.07) is 2.64. The lowest BCUT2D eigenvalue weighted by molar-refractivity contribution is -0.384. The van der Waals surface area contributed by atoms with Gasteiger partial charge in [-0.15, -0.1) is 10.2 Å². The fourth-order valence-electron chi connectivity index (χ4n) is 3.67. The van der Waals surface area contributed by atoms with Gasteiger partial charge in [0, 0.05) is 35.8 Å². The number of rotatable bonds is 8. The van der Waals surface area contributed by atoms with E-state index in [0.29, 0.717) is 0 Å². The largest absolute Gasteiger partial charge is 0.460 e. The number of nitro benzene ring substituents is 1. The normalized spacial score (nSPS) is 15.6. The van der Waals surface area contributed by atoms with Gasteiger partial charge in [0.25, 0.3) is 11.6 Å². The zero-order valence-electron chi connectivity index (χ0n) is 21.0. The average molecular weight is 628 g/mol. The molecule has 1 saturated heterocycles. The van der Waals surface area contributed by atoms with E-state index in [2.05, 4.69) is 15.2 Å². The molecule has 1 aromatic carbocycles. The molecule has 0 spiro atoms. The lowest BCUT2D eigenvalue weighted by Crippen LogP contribution is -2.50. The summed E-state index contributed by atoms with van der Waals surface area (Å²) >= 11 is 0.785. The Balaban J connectivity index is 1.64. The van der Waals surface area contributed by atoms with Crippen LogP contribution in [-0.4, -0.2) is 55.9 Å². The minimum Gasteiger partial charge on any atom is -0.341 e. The number of anilines is 1. The molecular formula is C22H16F8N6O5S. The van der Waals surface area contributed by atoms with Crippen molar-refractivity contribution in [1.82, 2.24) is 19.7 Å². The van der Waals surface area contributed by atoms with Gasteiger partial charge >= 0.3 is 18.0 Å². The molecule has 1 aliphatic heterocycles. The van der Waals surface area contributed by atoms with Gasteiger partial charge in [0.05, 0.1) is 23.7 Å². The van der Waals surface area contributed by atoms with Crippen LogP contribution in [0.25, 0.3) is 0 Å². The van der Waals surface area contributed by atoms with Gasteiger partial charge in [0.2, 0.25) is 5.79 Å². The molecule has 42 heavy (non-hydrogen) atoms. The molecule has 3 aromatic rings. The highest BCUT2D eigenvalue weighted by atomic mass is 32.2. The molecule has 0 saturated carbocycles. The molecule has 11 nitrogen and oxygen atoms in total. The number of halogens is 8. The molecule has 3 heterocycles. The maximum absolute atomic E-state index is 14.5. The second-order valence-corrected chi connectivity index (χ2v) is 9.71. The summed E-state index contributed by atoms with van der Waals surface area (Å²) in [4.78, 5) is 26.6. The Morgan fingerprint density at radius 2 is 1.76 bits per heavy atom. The number of pyridine rings is 1. The monoisotopic (exact) mass is 628 g/mol. The summed E-state index contributed by atoms with van der Waals surface area (Å²) in [6.07, 6.45) is -6.84. The highest BCUT2D eigenvalue weighted by Gasteiger charge is 2.73. The predicted molar refractivity (Wildman–Crippen MR) is 125 cm³/mol. The Morgan fingerprint density at radius 1 is 1.12 bits per heavy atom. The average Bonchev–Trinajstić information content (AvgIpc) is 3.50. The molecule has 0 radical (unpaired) electrons. The van der Waals surface area contributed by atoms with E-state index in [-0.39, 0.29) is 41.4 Å². The first-order valence-corrected chi connectivity index (χ1v) is 12.1. The minimum atomic E-state index is -6.67. The van der Waals surface area contributed by atoms with Crippen molar-refractivity contribution in [3.8, 4) is 0 Å². The van der Waals surface area contributed by atoms with E-state index in [1.54, 1.807) is 6.92 Å². The van der Waals surface area contributed by atoms with E-state index in [1.807, 2.05) is 5.32 Å². The number of nitrogens with zero attached hydrogens (tertiary/aromatic N) is 5. The van der Waals surface area contributed by atoms with Crippen LogP contribution in [0, 0.1) is 15.9 Å². The van der Waals surface area contributed by atoms with Crippen LogP contribution < -0.4 is 5.32 Å². The summed E-state index contributed by atoms with van der Waals surface area (Å²) in [7, 11) is 1.54. The Morgan fingerprint density at radius 3 is 2.33 bits per heavy atom. The number of ether oxygens (including phenoxy) is 2. The number of amides is 1. The molecule has 1 fully saturated rings. The summed E-state index contributed by atoms with van der Waals surface area (Å²) in [5, 5.41) is 21.3. The van der Waals surface area contributed by atoms with Crippen molar-refractivity contribution in [3.05, 3.63) is 63.3 Å². The van der Waals surface area contributed by atoms with Gasteiger partial charge in [0.15, 0.2) is 22.6 Å². The van der Waals surface area contributed by atoms with E-state index in [4.69, 9.17) is 9.47 Å². The van der Waals surface area contributed by atoms with Crippen LogP contribution in [0.1, 0.15) is 28.7 Å². The highest BCUT2D eigenvalue weighted by molar-refractivity contribution is 7.99. The van der Waals surface area contributed by atoms with Crippen molar-refractivity contribution in [2.45, 2.75) is 40.8 Å². The Bertz CT molecular complexity index is 1540. The first-order valence-electron chi connectivity index (χ1n) is 11.3. The first-order chi connectivity index (χ1) is 19.4. The van der Waals surface area contributed by atoms with Crippen LogP contribution in [0.3, 0.4) is 0 Å². The molecule has 2 aromatic heterocycles. The van der Waals surface area contributed by atoms with Gasteiger partial charge in [-0.05, 0) is 30.8 Å². The minimum absolute atomic E-state index is 0.00643. The third-order valence-electron chi connectivity index (χ3n) is 5.89. The Labute approximate surface area is 233 Å². The molecule has 1 aliphatic rings. The van der Waals surface area contributed by atoms with Crippen LogP contribution in [0.15, 0.2) is 40.5 Å². The Kier molecular flexibility index (Phi) is 7.93. The second-order valence-electron chi connectivity index (χ2n) is 8.70. The number of hydrogen-bond donors (Lipinski definition) is 1. The maximum Gasteiger partial charge on any atom is 0.460 e. The van der Waals surface area contributed by atoms with Crippen molar-refractivity contribution >= 4 is 29.2 Å². The SMILES string of the molecule is Cn1c(Sc2ccc([N+](=O)[O-])cc2C(=O)Nc2ncc(C(F)(F)C(F)(F)C(F)(F)F)cc2F)nnc1C1(C)OCCO1. The summed E-state index contributed by atoms with van der Waals surface area (Å²) in [6.45, 7) is 2.16. The number of hydrogen-bond acceptors (Lipinski definition) is 9. The van der Waals surface area contributed by atoms with Crippen LogP contribution in [0.4, 0.5) is 46.6 Å². The van der Waals surface area contributed by atoms with Crippen LogP contribution in [0.5, 0.6) is 0 Å². The van der Waals surface area contributed by atoms with Crippen molar-refractivity contribution in [1.29, 1.82) is 0 Å². The van der Waals surface area contributed by atoms with Gasteiger partial charge in [-0.2, -0.15) is 30.7 Å². The van der Waals surface area contributed by atoms with Crippen LogP contribution >= 0.6 is 11.8 Å². The van der Waals surface area contributed by atoms with E-state index in [1.165, 1.54) is 11.6 Å². The predicted octanol–water partition coefficient (Wildman–Crippen LogP) is 5.17. The molecule has 1 N–H and O–H groups in total. The maximum atomic E-state index is 14.5. The molecule has 20 heteroatoms. The number of non-ortho nitro benzene ring substituents is 1. The van der Waals surface area contributed by atoms with Crippen molar-refractivity contribution < 1.29 is 54.3 Å². The van der Waals surface area contributed by atoms with Crippen molar-refractivity contribution in [2.75, 3.05) is 18.5 Å². The number of carbonyl (C=O) groups excluding carboxylic acids is 1. The lowest BCUT2D eigenvalue weighted by Gasteiger charge is -2.28. The van der Waals surface area contributed by atoms with Gasteiger partial charge in [-0.1, -0.05) is 0 Å². The third-order valence-corrected chi connectivity index (χ3v) is 7.00. The summed E-state index contributed by atoms with van der Waals surface area (Å²) in [5.74, 6) is -17.8. The first kappa shape index (κ1) is 31.0. The highest BCUT2D eigenvalue weighted by Crippen LogP contribution is 2.51. The molecular weight excluding hydrogens is 612 g/mol. The zero-order valence-corrected chi connectivity index (χ0v) is 21.8. The number of alkyl halides is 7. The molecule has 1 amide bonds. The van der Waals surface area contributed by atoms with Crippen molar-refractivity contribution in [3.63, 3.8) is 0 Å². The topological polar surface area (TPSA) is 134 Å². The second kappa shape index (κ2) is 10.7. The molecule has 0 unspecified atom stereocenters. The molecule has 4 rings (SSSR count). The Hall–Kier alpha value is -3.91. The molecule has 0 bridgehead atoms. The van der Waals surface area contributed by atoms with E-state index in [0.717, 1.165) is 30.0 Å². The van der Waals surface area contributed by atoms with Crippen LogP contribution in [0.2, 0.25) is 0 Å². The van der Waals surface area contributed by atoms with Gasteiger partial charge in [-0.25, -0.2) is 9.37 Å². The zero-order chi connectivity index (χ0) is 31.3. The number of nitrogens with one attached hydrogen (secondary N) is 1. The number of nitro groups is 1. The molecule has 226 valence electrons. The fraction of sp³-hybridized carbons (Fsp3) is 0.364. The van der Waals surface area contributed by atoms with E-state index in [9.17, 15) is 50.0 Å². The number of benzene rings is 1. The van der Waals surface area contributed by atoms with Crippen molar-refractivity contribution in [2.24, 2.45) is 7.05 Å². The fourth-order valence-corrected chi connectivity index (χ4v) is 4.57. The summed E-state index contributed by atoms with van der Waals surface area (Å²) < 4.78 is 119. The van der Waals surface area contributed by atoms with Gasteiger partial charge in [-0.3, -0.25) is 14.9 Å². The molecule has 0 aliphatic carbocycles. The lowest BCUT2D eigenvalue weighted by atomic mass is 10.0. The van der Waals surface area contributed by atoms with E-state index < -0.39 is 63.1 Å². The number of carbonyl (C=O) groups is 1. The van der Waals surface area contributed by atoms with Gasteiger partial charge < -0.3 is 19.4 Å².